The Bertz CT molecular complexity index is 730. The van der Waals surface area contributed by atoms with E-state index in [9.17, 15) is 13.2 Å². The molecule has 1 amide bonds. The van der Waals surface area contributed by atoms with Gasteiger partial charge in [-0.2, -0.15) is 0 Å². The van der Waals surface area contributed by atoms with Gasteiger partial charge in [-0.15, -0.1) is 0 Å². The van der Waals surface area contributed by atoms with Crippen molar-refractivity contribution in [3.8, 4) is 0 Å². The van der Waals surface area contributed by atoms with Crippen molar-refractivity contribution in [2.75, 3.05) is 24.6 Å². The molecule has 2 fully saturated rings. The summed E-state index contributed by atoms with van der Waals surface area (Å²) in [6.07, 6.45) is 3.03. The van der Waals surface area contributed by atoms with Gasteiger partial charge in [0.1, 0.15) is 5.60 Å². The predicted octanol–water partition coefficient (Wildman–Crippen LogP) is 1.30. The Morgan fingerprint density at radius 3 is 2.48 bits per heavy atom. The number of carbonyl (C=O) groups is 1. The van der Waals surface area contributed by atoms with E-state index in [-0.39, 0.29) is 23.6 Å². The van der Waals surface area contributed by atoms with E-state index in [1.54, 1.807) is 17.3 Å². The molecule has 3 rings (SSSR count). The average Bonchev–Trinajstić information content (AvgIpc) is 2.82. The standard InChI is InChI=1S/C17H25N3O4S/c1-17(2,3)24-16(21)20-9-8-19(10-13-4-6-18-7-5-13)14-11-25(22,23)12-15(14)20/h4-7,14-15H,8-12H2,1-3H3/t14-,15-/m1/s1. The average molecular weight is 367 g/mol. The number of sulfone groups is 1. The lowest BCUT2D eigenvalue weighted by Crippen LogP contribution is -2.60. The second-order valence-corrected chi connectivity index (χ2v) is 9.87. The maximum Gasteiger partial charge on any atom is 0.410 e. The van der Waals surface area contributed by atoms with E-state index in [0.717, 1.165) is 5.56 Å². The van der Waals surface area contributed by atoms with Gasteiger partial charge in [0.2, 0.25) is 0 Å². The normalized spacial score (nSPS) is 26.3. The van der Waals surface area contributed by atoms with Crippen LogP contribution in [0.2, 0.25) is 0 Å². The van der Waals surface area contributed by atoms with Crippen LogP contribution in [0.25, 0.3) is 0 Å². The molecule has 2 aliphatic rings. The molecule has 138 valence electrons. The highest BCUT2D eigenvalue weighted by Crippen LogP contribution is 2.29. The van der Waals surface area contributed by atoms with Crippen LogP contribution in [0.3, 0.4) is 0 Å². The van der Waals surface area contributed by atoms with Gasteiger partial charge in [-0.1, -0.05) is 0 Å². The molecule has 1 aromatic heterocycles. The van der Waals surface area contributed by atoms with Gasteiger partial charge >= 0.3 is 6.09 Å². The molecule has 2 aliphatic heterocycles. The largest absolute Gasteiger partial charge is 0.444 e. The Morgan fingerprint density at radius 1 is 1.20 bits per heavy atom. The molecule has 0 N–H and O–H groups in total. The number of carbonyl (C=O) groups excluding carboxylic acids is 1. The molecule has 1 aromatic rings. The summed E-state index contributed by atoms with van der Waals surface area (Å²) in [4.78, 5) is 20.3. The fourth-order valence-electron chi connectivity index (χ4n) is 3.49. The number of aromatic nitrogens is 1. The topological polar surface area (TPSA) is 79.8 Å². The molecule has 0 bridgehead atoms. The van der Waals surface area contributed by atoms with Crippen LogP contribution in [0.15, 0.2) is 24.5 Å². The van der Waals surface area contributed by atoms with Crippen LogP contribution in [0.1, 0.15) is 26.3 Å². The number of amides is 1. The van der Waals surface area contributed by atoms with E-state index >= 15 is 0 Å². The summed E-state index contributed by atoms with van der Waals surface area (Å²) in [7, 11) is -3.17. The number of piperazine rings is 1. The van der Waals surface area contributed by atoms with Crippen LogP contribution in [-0.2, 0) is 21.1 Å². The maximum absolute atomic E-state index is 12.5. The quantitative estimate of drug-likeness (QED) is 0.784. The number of ether oxygens (including phenoxy) is 1. The Morgan fingerprint density at radius 2 is 1.84 bits per heavy atom. The van der Waals surface area contributed by atoms with Crippen LogP contribution in [0.4, 0.5) is 4.79 Å². The molecule has 2 atom stereocenters. The SMILES string of the molecule is CC(C)(C)OC(=O)N1CCN(Cc2ccncc2)[C@@H]2CS(=O)(=O)C[C@H]21. The van der Waals surface area contributed by atoms with Crippen molar-refractivity contribution in [1.82, 2.24) is 14.8 Å². The van der Waals surface area contributed by atoms with Crippen LogP contribution in [-0.4, -0.2) is 71.6 Å². The Balaban J connectivity index is 1.79. The summed E-state index contributed by atoms with van der Waals surface area (Å²) in [6.45, 7) is 7.19. The van der Waals surface area contributed by atoms with E-state index in [4.69, 9.17) is 4.74 Å². The molecular formula is C17H25N3O4S. The number of nitrogens with zero attached hydrogens (tertiary/aromatic N) is 3. The van der Waals surface area contributed by atoms with Crippen molar-refractivity contribution in [2.24, 2.45) is 0 Å². The summed E-state index contributed by atoms with van der Waals surface area (Å²) in [5.41, 5.74) is 0.488. The number of pyridine rings is 1. The van der Waals surface area contributed by atoms with Crippen LogP contribution in [0, 0.1) is 0 Å². The van der Waals surface area contributed by atoms with Gasteiger partial charge in [0.15, 0.2) is 9.84 Å². The number of fused-ring (bicyclic) bond motifs is 1. The molecular weight excluding hydrogens is 342 g/mol. The Kier molecular flexibility index (Phi) is 4.76. The van der Waals surface area contributed by atoms with Gasteiger partial charge < -0.3 is 9.64 Å². The van der Waals surface area contributed by atoms with E-state index in [0.29, 0.717) is 19.6 Å². The minimum Gasteiger partial charge on any atom is -0.444 e. The zero-order valence-electron chi connectivity index (χ0n) is 14.9. The molecule has 0 unspecified atom stereocenters. The third kappa shape index (κ3) is 4.30. The molecule has 2 saturated heterocycles. The van der Waals surface area contributed by atoms with Gasteiger partial charge in [-0.05, 0) is 38.5 Å². The summed E-state index contributed by atoms with van der Waals surface area (Å²) < 4.78 is 29.9. The van der Waals surface area contributed by atoms with Crippen molar-refractivity contribution in [3.63, 3.8) is 0 Å². The van der Waals surface area contributed by atoms with Crippen molar-refractivity contribution >= 4 is 15.9 Å². The summed E-state index contributed by atoms with van der Waals surface area (Å²) in [5, 5.41) is 0. The second kappa shape index (κ2) is 6.57. The van der Waals surface area contributed by atoms with Gasteiger partial charge in [0, 0.05) is 38.1 Å². The zero-order chi connectivity index (χ0) is 18.2. The highest BCUT2D eigenvalue weighted by atomic mass is 32.2. The van der Waals surface area contributed by atoms with E-state index < -0.39 is 21.5 Å². The van der Waals surface area contributed by atoms with Crippen molar-refractivity contribution in [3.05, 3.63) is 30.1 Å². The molecule has 8 heteroatoms. The minimum absolute atomic E-state index is 0.00372. The molecule has 0 spiro atoms. The van der Waals surface area contributed by atoms with E-state index in [1.807, 2.05) is 32.9 Å². The molecule has 0 saturated carbocycles. The fraction of sp³-hybridized carbons (Fsp3) is 0.647. The third-order valence-electron chi connectivity index (χ3n) is 4.55. The molecule has 0 aliphatic carbocycles. The molecule has 0 aromatic carbocycles. The monoisotopic (exact) mass is 367 g/mol. The zero-order valence-corrected chi connectivity index (χ0v) is 15.7. The first-order valence-electron chi connectivity index (χ1n) is 8.48. The first kappa shape index (κ1) is 18.1. The van der Waals surface area contributed by atoms with Crippen molar-refractivity contribution < 1.29 is 17.9 Å². The summed E-state index contributed by atoms with van der Waals surface area (Å²) in [5.74, 6) is 0.0891. The fourth-order valence-corrected chi connectivity index (χ4v) is 5.50. The number of hydrogen-bond donors (Lipinski definition) is 0. The Labute approximate surface area is 148 Å². The van der Waals surface area contributed by atoms with Crippen LogP contribution in [0.5, 0.6) is 0 Å². The first-order chi connectivity index (χ1) is 11.6. The molecule has 0 radical (unpaired) electrons. The summed E-state index contributed by atoms with van der Waals surface area (Å²) in [6, 6.07) is 3.31. The maximum atomic E-state index is 12.5. The Hall–Kier alpha value is -1.67. The van der Waals surface area contributed by atoms with Crippen molar-refractivity contribution in [1.29, 1.82) is 0 Å². The van der Waals surface area contributed by atoms with Gasteiger partial charge in [-0.3, -0.25) is 9.88 Å². The van der Waals surface area contributed by atoms with E-state index in [2.05, 4.69) is 9.88 Å². The lowest BCUT2D eigenvalue weighted by atomic mass is 10.0. The van der Waals surface area contributed by atoms with Gasteiger partial charge in [0.05, 0.1) is 17.5 Å². The van der Waals surface area contributed by atoms with E-state index in [1.165, 1.54) is 0 Å². The highest BCUT2D eigenvalue weighted by Gasteiger charge is 2.48. The van der Waals surface area contributed by atoms with Crippen molar-refractivity contribution in [2.45, 2.75) is 45.0 Å². The van der Waals surface area contributed by atoms with Gasteiger partial charge in [-0.25, -0.2) is 13.2 Å². The summed E-state index contributed by atoms with van der Waals surface area (Å²) >= 11 is 0. The highest BCUT2D eigenvalue weighted by molar-refractivity contribution is 7.91. The third-order valence-corrected chi connectivity index (χ3v) is 6.25. The number of rotatable bonds is 2. The smallest absolute Gasteiger partial charge is 0.410 e. The molecule has 3 heterocycles. The van der Waals surface area contributed by atoms with Crippen LogP contribution < -0.4 is 0 Å². The predicted molar refractivity (Wildman–Crippen MR) is 93.8 cm³/mol. The molecule has 25 heavy (non-hydrogen) atoms. The lowest BCUT2D eigenvalue weighted by molar-refractivity contribution is -0.0105. The van der Waals surface area contributed by atoms with Crippen LogP contribution >= 0.6 is 0 Å². The lowest BCUT2D eigenvalue weighted by Gasteiger charge is -2.44. The minimum atomic E-state index is -3.17. The first-order valence-corrected chi connectivity index (χ1v) is 10.3. The number of hydrogen-bond acceptors (Lipinski definition) is 6. The van der Waals surface area contributed by atoms with Gasteiger partial charge in [0.25, 0.3) is 0 Å². The molecule has 7 nitrogen and oxygen atoms in total. The second-order valence-electron chi connectivity index (χ2n) is 7.71.